The number of methoxy groups -OCH3 is 2. The minimum absolute atomic E-state index is 0.0563. The summed E-state index contributed by atoms with van der Waals surface area (Å²) in [6, 6.07) is 5.45. The molecular formula is C18H20O5. The maximum atomic E-state index is 12.6. The first kappa shape index (κ1) is 15.6. The number of ether oxygens (including phenoxy) is 2. The molecule has 23 heavy (non-hydrogen) atoms. The molecule has 2 aliphatic rings. The fourth-order valence-electron chi connectivity index (χ4n) is 4.09. The van der Waals surface area contributed by atoms with Gasteiger partial charge in [-0.25, -0.2) is 0 Å². The minimum Gasteiger partial charge on any atom is -0.504 e. The quantitative estimate of drug-likeness (QED) is 0.868. The van der Waals surface area contributed by atoms with Gasteiger partial charge in [0, 0.05) is 11.8 Å². The molecule has 1 fully saturated rings. The molecule has 0 heterocycles. The van der Waals surface area contributed by atoms with Crippen molar-refractivity contribution in [2.24, 2.45) is 17.8 Å². The second-order valence-corrected chi connectivity index (χ2v) is 6.25. The number of fused-ring (bicyclic) bond motifs is 2. The zero-order valence-electron chi connectivity index (χ0n) is 13.6. The summed E-state index contributed by atoms with van der Waals surface area (Å²) in [4.78, 5) is 25.0. The lowest BCUT2D eigenvalue weighted by atomic mass is 9.81. The van der Waals surface area contributed by atoms with Gasteiger partial charge in [0.05, 0.1) is 20.1 Å². The molecule has 0 radical (unpaired) electrons. The van der Waals surface area contributed by atoms with Crippen LogP contribution in [0.5, 0.6) is 11.5 Å². The van der Waals surface area contributed by atoms with Crippen LogP contribution in [0.25, 0.3) is 0 Å². The third-order valence-electron chi connectivity index (χ3n) is 5.21. The van der Waals surface area contributed by atoms with Gasteiger partial charge in [0.1, 0.15) is 0 Å². The van der Waals surface area contributed by atoms with Crippen LogP contribution in [0.4, 0.5) is 0 Å². The van der Waals surface area contributed by atoms with E-state index in [0.29, 0.717) is 17.1 Å². The van der Waals surface area contributed by atoms with Crippen molar-refractivity contribution in [3.63, 3.8) is 0 Å². The predicted molar refractivity (Wildman–Crippen MR) is 83.8 cm³/mol. The van der Waals surface area contributed by atoms with Crippen LogP contribution in [-0.2, 0) is 9.59 Å². The lowest BCUT2D eigenvalue weighted by Gasteiger charge is -2.21. The Bertz CT molecular complexity index is 718. The second kappa shape index (κ2) is 5.41. The number of Topliss-reactive ketones (excluding diaryl/α,β-unsaturated/α-hetero) is 2. The van der Waals surface area contributed by atoms with E-state index in [1.54, 1.807) is 27.2 Å². The van der Waals surface area contributed by atoms with Gasteiger partial charge < -0.3 is 14.6 Å². The number of hydrogen-bond acceptors (Lipinski definition) is 5. The lowest BCUT2D eigenvalue weighted by Crippen LogP contribution is -2.32. The fraction of sp³-hybridized carbons (Fsp3) is 0.444. The van der Waals surface area contributed by atoms with Gasteiger partial charge in [-0.2, -0.15) is 0 Å². The van der Waals surface area contributed by atoms with Crippen LogP contribution >= 0.6 is 0 Å². The van der Waals surface area contributed by atoms with Gasteiger partial charge in [-0.15, -0.1) is 0 Å². The summed E-state index contributed by atoms with van der Waals surface area (Å²) in [6.07, 6.45) is 0. The molecule has 0 spiro atoms. The monoisotopic (exact) mass is 316 g/mol. The Kier molecular flexibility index (Phi) is 3.66. The summed E-state index contributed by atoms with van der Waals surface area (Å²) in [5.41, 5.74) is 1.35. The van der Waals surface area contributed by atoms with Crippen LogP contribution in [0.3, 0.4) is 0 Å². The summed E-state index contributed by atoms with van der Waals surface area (Å²) in [5.74, 6) is -1.15. The molecule has 0 amide bonds. The average Bonchev–Trinajstić information content (AvgIpc) is 2.78. The van der Waals surface area contributed by atoms with E-state index in [9.17, 15) is 14.7 Å². The average molecular weight is 316 g/mol. The number of aliphatic hydroxyl groups excluding tert-OH is 1. The Morgan fingerprint density at radius 1 is 1.04 bits per heavy atom. The molecule has 0 saturated heterocycles. The van der Waals surface area contributed by atoms with Gasteiger partial charge in [0.15, 0.2) is 23.0 Å². The van der Waals surface area contributed by atoms with E-state index < -0.39 is 17.6 Å². The van der Waals surface area contributed by atoms with E-state index in [-0.39, 0.29) is 23.4 Å². The normalized spacial score (nSPS) is 29.9. The molecular weight excluding hydrogens is 296 g/mol. The first-order valence-corrected chi connectivity index (χ1v) is 7.62. The zero-order valence-corrected chi connectivity index (χ0v) is 13.6. The number of carbonyl (C=O) groups excluding carboxylic acids is 2. The number of aliphatic hydroxyl groups is 1. The third-order valence-corrected chi connectivity index (χ3v) is 5.21. The number of ketones is 2. The van der Waals surface area contributed by atoms with E-state index in [4.69, 9.17) is 9.47 Å². The Labute approximate surface area is 134 Å². The summed E-state index contributed by atoms with van der Waals surface area (Å²) < 4.78 is 10.6. The summed E-state index contributed by atoms with van der Waals surface area (Å²) in [6.45, 7) is 3.62. The van der Waals surface area contributed by atoms with E-state index in [2.05, 4.69) is 0 Å². The highest BCUT2D eigenvalue weighted by atomic mass is 16.5. The molecule has 5 heteroatoms. The van der Waals surface area contributed by atoms with Crippen LogP contribution in [0.15, 0.2) is 29.5 Å². The third kappa shape index (κ3) is 2.06. The maximum Gasteiger partial charge on any atom is 0.208 e. The van der Waals surface area contributed by atoms with Crippen molar-refractivity contribution in [3.05, 3.63) is 35.1 Å². The topological polar surface area (TPSA) is 72.8 Å². The molecule has 1 N–H and O–H groups in total. The van der Waals surface area contributed by atoms with Gasteiger partial charge in [-0.05, 0) is 36.1 Å². The first-order valence-electron chi connectivity index (χ1n) is 7.62. The number of hydrogen-bond donors (Lipinski definition) is 1. The molecule has 0 aliphatic heterocycles. The Morgan fingerprint density at radius 3 is 2.30 bits per heavy atom. The van der Waals surface area contributed by atoms with Crippen LogP contribution < -0.4 is 9.47 Å². The van der Waals surface area contributed by atoms with Gasteiger partial charge in [0.2, 0.25) is 5.78 Å². The predicted octanol–water partition coefficient (Wildman–Crippen LogP) is 2.65. The Balaban J connectivity index is 2.09. The number of carbonyl (C=O) groups is 2. The highest BCUT2D eigenvalue weighted by Crippen LogP contribution is 2.52. The number of rotatable bonds is 3. The first-order chi connectivity index (χ1) is 10.9. The van der Waals surface area contributed by atoms with Gasteiger partial charge >= 0.3 is 0 Å². The summed E-state index contributed by atoms with van der Waals surface area (Å²) in [5, 5.41) is 10.0. The number of benzene rings is 1. The molecule has 4 atom stereocenters. The smallest absolute Gasteiger partial charge is 0.208 e. The van der Waals surface area contributed by atoms with Crippen molar-refractivity contribution in [2.45, 2.75) is 19.8 Å². The van der Waals surface area contributed by atoms with Gasteiger partial charge in [-0.3, -0.25) is 9.59 Å². The van der Waals surface area contributed by atoms with Crippen molar-refractivity contribution in [1.29, 1.82) is 0 Å². The molecule has 122 valence electrons. The van der Waals surface area contributed by atoms with E-state index in [1.165, 1.54) is 0 Å². The molecule has 1 saturated carbocycles. The molecule has 5 nitrogen and oxygen atoms in total. The van der Waals surface area contributed by atoms with E-state index in [0.717, 1.165) is 5.56 Å². The van der Waals surface area contributed by atoms with Gasteiger partial charge in [0.25, 0.3) is 0 Å². The molecule has 3 rings (SSSR count). The Hall–Kier alpha value is -2.30. The van der Waals surface area contributed by atoms with Crippen LogP contribution in [0.2, 0.25) is 0 Å². The molecule has 1 aromatic rings. The molecule has 2 aliphatic carbocycles. The molecule has 2 bridgehead atoms. The van der Waals surface area contributed by atoms with Crippen molar-refractivity contribution in [1.82, 2.24) is 0 Å². The van der Waals surface area contributed by atoms with Crippen LogP contribution in [0, 0.1) is 17.8 Å². The summed E-state index contributed by atoms with van der Waals surface area (Å²) in [7, 11) is 3.10. The molecule has 0 aromatic heterocycles. The van der Waals surface area contributed by atoms with Crippen molar-refractivity contribution in [3.8, 4) is 11.5 Å². The molecule has 4 unspecified atom stereocenters. The zero-order chi connectivity index (χ0) is 16.9. The lowest BCUT2D eigenvalue weighted by molar-refractivity contribution is -0.133. The van der Waals surface area contributed by atoms with Crippen LogP contribution in [0.1, 0.15) is 25.3 Å². The van der Waals surface area contributed by atoms with Gasteiger partial charge in [-0.1, -0.05) is 13.0 Å². The highest BCUT2D eigenvalue weighted by Gasteiger charge is 2.56. The maximum absolute atomic E-state index is 12.6. The van der Waals surface area contributed by atoms with Crippen LogP contribution in [-0.4, -0.2) is 30.9 Å². The minimum atomic E-state index is -0.809. The van der Waals surface area contributed by atoms with Crippen molar-refractivity contribution in [2.75, 3.05) is 14.2 Å². The largest absolute Gasteiger partial charge is 0.504 e. The SMILES string of the molecule is COc1ccc(C2C3C(=O)C(O)=C(C)C(C3=O)C2C)cc1OC. The van der Waals surface area contributed by atoms with Crippen molar-refractivity contribution < 1.29 is 24.2 Å². The standard InChI is InChI=1S/C18H20O5/c1-8-13-9(2)16(19)18(21)15(17(13)20)14(8)10-5-6-11(22-3)12(7-10)23-4/h5-8,13-15,19H,1-4H3. The number of allylic oxidation sites excluding steroid dienone is 2. The van der Waals surface area contributed by atoms with Crippen molar-refractivity contribution >= 4 is 11.6 Å². The second-order valence-electron chi connectivity index (χ2n) is 6.25. The Morgan fingerprint density at radius 2 is 1.70 bits per heavy atom. The highest BCUT2D eigenvalue weighted by molar-refractivity contribution is 6.16. The van der Waals surface area contributed by atoms with E-state index in [1.807, 2.05) is 19.1 Å². The summed E-state index contributed by atoms with van der Waals surface area (Å²) >= 11 is 0. The fourth-order valence-corrected chi connectivity index (χ4v) is 4.09. The van der Waals surface area contributed by atoms with E-state index >= 15 is 0 Å². The molecule has 1 aromatic carbocycles.